The zero-order valence-corrected chi connectivity index (χ0v) is 9.33. The predicted octanol–water partition coefficient (Wildman–Crippen LogP) is 3.30. The molecule has 0 aliphatic heterocycles. The van der Waals surface area contributed by atoms with E-state index in [1.54, 1.807) is 12.1 Å². The van der Waals surface area contributed by atoms with E-state index >= 15 is 0 Å². The molecule has 1 fully saturated rings. The molecule has 0 aromatic heterocycles. The lowest BCUT2D eigenvalue weighted by molar-refractivity contribution is 0.612. The number of halogens is 1. The second-order valence-electron chi connectivity index (χ2n) is 4.30. The van der Waals surface area contributed by atoms with Crippen molar-refractivity contribution in [2.24, 2.45) is 5.92 Å². The smallest absolute Gasteiger partial charge is 0.141 e. The van der Waals surface area contributed by atoms with Crippen LogP contribution in [0.25, 0.3) is 0 Å². The van der Waals surface area contributed by atoms with Crippen LogP contribution in [0.2, 0.25) is 0 Å². The lowest BCUT2D eigenvalue weighted by Gasteiger charge is -2.17. The summed E-state index contributed by atoms with van der Waals surface area (Å²) >= 11 is 0. The van der Waals surface area contributed by atoms with Gasteiger partial charge >= 0.3 is 0 Å². The minimum atomic E-state index is -0.451. The van der Waals surface area contributed by atoms with Crippen LogP contribution in [0.3, 0.4) is 0 Å². The highest BCUT2D eigenvalue weighted by Crippen LogP contribution is 2.35. The fraction of sp³-hybridized carbons (Fsp3) is 0.462. The zero-order valence-electron chi connectivity index (χ0n) is 9.33. The first-order valence-electron chi connectivity index (χ1n) is 5.70. The zero-order chi connectivity index (χ0) is 11.5. The van der Waals surface area contributed by atoms with Gasteiger partial charge in [-0.1, -0.05) is 6.92 Å². The number of nitrogens with one attached hydrogen (secondary N) is 1. The molecule has 1 saturated carbocycles. The van der Waals surface area contributed by atoms with E-state index in [4.69, 9.17) is 5.26 Å². The van der Waals surface area contributed by atoms with Gasteiger partial charge in [0, 0.05) is 11.7 Å². The third-order valence-corrected chi connectivity index (χ3v) is 3.07. The van der Waals surface area contributed by atoms with E-state index in [2.05, 4.69) is 12.2 Å². The molecule has 2 nitrogen and oxygen atoms in total. The minimum absolute atomic E-state index is 0.107. The molecule has 3 heteroatoms. The average Bonchev–Trinajstić information content (AvgIpc) is 3.12. The molecule has 1 atom stereocenters. The van der Waals surface area contributed by atoms with Gasteiger partial charge < -0.3 is 5.32 Å². The lowest BCUT2D eigenvalue weighted by Crippen LogP contribution is -2.20. The minimum Gasteiger partial charge on any atom is -0.382 e. The van der Waals surface area contributed by atoms with Crippen molar-refractivity contribution in [2.45, 2.75) is 32.2 Å². The Morgan fingerprint density at radius 1 is 1.56 bits per heavy atom. The fourth-order valence-electron chi connectivity index (χ4n) is 1.97. The normalized spacial score (nSPS) is 16.6. The van der Waals surface area contributed by atoms with E-state index in [0.717, 1.165) is 18.0 Å². The number of rotatable bonds is 4. The van der Waals surface area contributed by atoms with E-state index in [1.165, 1.54) is 18.9 Å². The molecule has 0 bridgehead atoms. The van der Waals surface area contributed by atoms with Gasteiger partial charge in [-0.05, 0) is 43.4 Å². The van der Waals surface area contributed by atoms with Crippen molar-refractivity contribution in [3.8, 4) is 6.07 Å². The summed E-state index contributed by atoms with van der Waals surface area (Å²) in [6, 6.07) is 6.94. The summed E-state index contributed by atoms with van der Waals surface area (Å²) in [5.74, 6) is 0.299. The predicted molar refractivity (Wildman–Crippen MR) is 61.5 cm³/mol. The van der Waals surface area contributed by atoms with Crippen molar-refractivity contribution in [1.82, 2.24) is 0 Å². The molecule has 0 heterocycles. The summed E-state index contributed by atoms with van der Waals surface area (Å²) in [4.78, 5) is 0. The maximum Gasteiger partial charge on any atom is 0.141 e. The molecule has 1 aromatic carbocycles. The number of anilines is 1. The van der Waals surface area contributed by atoms with Crippen LogP contribution < -0.4 is 5.32 Å². The van der Waals surface area contributed by atoms with Crippen LogP contribution in [0.4, 0.5) is 10.1 Å². The van der Waals surface area contributed by atoms with Crippen LogP contribution >= 0.6 is 0 Å². The van der Waals surface area contributed by atoms with Gasteiger partial charge in [0.15, 0.2) is 0 Å². The number of hydrogen-bond donors (Lipinski definition) is 1. The second kappa shape index (κ2) is 4.52. The van der Waals surface area contributed by atoms with Crippen LogP contribution in [0, 0.1) is 23.1 Å². The number of benzene rings is 1. The standard InChI is InChI=1S/C13H15FN2/c1-2-13(9-3-4-9)16-11-5-6-12(14)10(7-11)8-15/h5-7,9,13,16H,2-4H2,1H3. The molecule has 2 rings (SSSR count). The SMILES string of the molecule is CCC(Nc1ccc(F)c(C#N)c1)C1CC1. The second-order valence-corrected chi connectivity index (χ2v) is 4.30. The van der Waals surface area contributed by atoms with Gasteiger partial charge in [-0.3, -0.25) is 0 Å². The molecule has 1 aliphatic rings. The molecule has 0 amide bonds. The van der Waals surface area contributed by atoms with E-state index in [-0.39, 0.29) is 5.56 Å². The van der Waals surface area contributed by atoms with Crippen molar-refractivity contribution in [3.05, 3.63) is 29.6 Å². The van der Waals surface area contributed by atoms with Crippen molar-refractivity contribution >= 4 is 5.69 Å². The van der Waals surface area contributed by atoms with Crippen molar-refractivity contribution in [3.63, 3.8) is 0 Å². The maximum absolute atomic E-state index is 13.1. The largest absolute Gasteiger partial charge is 0.382 e. The Morgan fingerprint density at radius 2 is 2.31 bits per heavy atom. The lowest BCUT2D eigenvalue weighted by atomic mass is 10.1. The summed E-state index contributed by atoms with van der Waals surface area (Å²) < 4.78 is 13.1. The highest BCUT2D eigenvalue weighted by Gasteiger charge is 2.29. The van der Waals surface area contributed by atoms with E-state index in [9.17, 15) is 4.39 Å². The first-order chi connectivity index (χ1) is 7.74. The Balaban J connectivity index is 2.11. The van der Waals surface area contributed by atoms with Crippen molar-refractivity contribution in [1.29, 1.82) is 5.26 Å². The summed E-state index contributed by atoms with van der Waals surface area (Å²) in [5.41, 5.74) is 0.951. The first kappa shape index (κ1) is 10.9. The van der Waals surface area contributed by atoms with Crippen LogP contribution in [0.5, 0.6) is 0 Å². The van der Waals surface area contributed by atoms with E-state index in [1.807, 2.05) is 6.07 Å². The van der Waals surface area contributed by atoms with Crippen molar-refractivity contribution in [2.75, 3.05) is 5.32 Å². The molecule has 1 unspecified atom stereocenters. The summed E-state index contributed by atoms with van der Waals surface area (Å²) in [6.07, 6.45) is 3.61. The average molecular weight is 218 g/mol. The van der Waals surface area contributed by atoms with Gasteiger partial charge in [-0.15, -0.1) is 0 Å². The quantitative estimate of drug-likeness (QED) is 0.841. The molecular weight excluding hydrogens is 203 g/mol. The molecule has 1 aliphatic carbocycles. The Kier molecular flexibility index (Phi) is 3.09. The van der Waals surface area contributed by atoms with Crippen LogP contribution in [0.15, 0.2) is 18.2 Å². The topological polar surface area (TPSA) is 35.8 Å². The van der Waals surface area contributed by atoms with Crippen LogP contribution in [0.1, 0.15) is 31.7 Å². The first-order valence-corrected chi connectivity index (χ1v) is 5.70. The summed E-state index contributed by atoms with van der Waals surface area (Å²) in [7, 11) is 0. The van der Waals surface area contributed by atoms with Crippen molar-refractivity contribution < 1.29 is 4.39 Å². The highest BCUT2D eigenvalue weighted by molar-refractivity contribution is 5.50. The summed E-state index contributed by atoms with van der Waals surface area (Å²) in [6.45, 7) is 2.14. The van der Waals surface area contributed by atoms with Gasteiger partial charge in [0.25, 0.3) is 0 Å². The van der Waals surface area contributed by atoms with Gasteiger partial charge in [0.1, 0.15) is 11.9 Å². The van der Waals surface area contributed by atoms with Gasteiger partial charge in [-0.2, -0.15) is 5.26 Å². The van der Waals surface area contributed by atoms with Gasteiger partial charge in [0.05, 0.1) is 5.56 Å². The fourth-order valence-corrected chi connectivity index (χ4v) is 1.97. The Hall–Kier alpha value is -1.56. The Labute approximate surface area is 95.1 Å². The number of nitrogens with zero attached hydrogens (tertiary/aromatic N) is 1. The third-order valence-electron chi connectivity index (χ3n) is 3.07. The molecule has 0 spiro atoms. The third kappa shape index (κ3) is 2.33. The van der Waals surface area contributed by atoms with Gasteiger partial charge in [0.2, 0.25) is 0 Å². The molecule has 16 heavy (non-hydrogen) atoms. The molecule has 0 saturated heterocycles. The Morgan fingerprint density at radius 3 is 2.88 bits per heavy atom. The van der Waals surface area contributed by atoms with Crippen LogP contribution in [-0.2, 0) is 0 Å². The van der Waals surface area contributed by atoms with E-state index < -0.39 is 5.82 Å². The highest BCUT2D eigenvalue weighted by atomic mass is 19.1. The molecule has 1 aromatic rings. The Bertz CT molecular complexity index is 418. The van der Waals surface area contributed by atoms with Crippen LogP contribution in [-0.4, -0.2) is 6.04 Å². The molecule has 84 valence electrons. The number of hydrogen-bond acceptors (Lipinski definition) is 2. The maximum atomic E-state index is 13.1. The van der Waals surface area contributed by atoms with Gasteiger partial charge in [-0.25, -0.2) is 4.39 Å². The summed E-state index contributed by atoms with van der Waals surface area (Å²) in [5, 5.41) is 12.1. The molecule has 0 radical (unpaired) electrons. The number of nitriles is 1. The monoisotopic (exact) mass is 218 g/mol. The molecule has 1 N–H and O–H groups in total. The molecular formula is C13H15FN2. The van der Waals surface area contributed by atoms with E-state index in [0.29, 0.717) is 6.04 Å².